The Balaban J connectivity index is 3.58. The molecule has 0 aliphatic heterocycles. The Labute approximate surface area is 41.5 Å². The Morgan fingerprint density at radius 1 is 1.86 bits per heavy atom. The van der Waals surface area contributed by atoms with Gasteiger partial charge in [0.2, 0.25) is 0 Å². The van der Waals surface area contributed by atoms with Crippen molar-refractivity contribution >= 4 is 11.7 Å². The standard InChI is InChI=1S/C4H7NO2/c1-2-3(5)4(6)7/h5H,2H2,1H3,(H,6,7)/p-1. The molecule has 0 rings (SSSR count). The Kier molecular flexibility index (Phi) is 2.05. The average Bonchev–Trinajstić information content (AvgIpc) is 1.65. The first-order valence-electron chi connectivity index (χ1n) is 1.97. The van der Waals surface area contributed by atoms with Crippen LogP contribution in [0.15, 0.2) is 0 Å². The van der Waals surface area contributed by atoms with E-state index < -0.39 is 5.97 Å². The van der Waals surface area contributed by atoms with Gasteiger partial charge in [0.05, 0.1) is 11.7 Å². The maximum Gasteiger partial charge on any atom is 0.0850 e. The molecule has 0 radical (unpaired) electrons. The molecule has 0 aromatic carbocycles. The fourth-order valence-corrected chi connectivity index (χ4v) is 0.144. The van der Waals surface area contributed by atoms with E-state index in [1.54, 1.807) is 6.92 Å². The number of hydrogen-bond acceptors (Lipinski definition) is 3. The fraction of sp³-hybridized carbons (Fsp3) is 0.500. The molecule has 0 unspecified atom stereocenters. The number of carboxylic acid groups (broad SMARTS) is 1. The van der Waals surface area contributed by atoms with Crippen molar-refractivity contribution in [1.29, 1.82) is 5.41 Å². The maximum atomic E-state index is 9.59. The van der Waals surface area contributed by atoms with Crippen LogP contribution in [0.1, 0.15) is 13.3 Å². The van der Waals surface area contributed by atoms with Crippen LogP contribution in [-0.2, 0) is 4.79 Å². The van der Waals surface area contributed by atoms with E-state index in [0.717, 1.165) is 0 Å². The van der Waals surface area contributed by atoms with Crippen LogP contribution < -0.4 is 5.11 Å². The minimum Gasteiger partial charge on any atom is -0.544 e. The predicted molar refractivity (Wildman–Crippen MR) is 23.0 cm³/mol. The van der Waals surface area contributed by atoms with Crippen LogP contribution in [-0.4, -0.2) is 11.7 Å². The summed E-state index contributed by atoms with van der Waals surface area (Å²) in [7, 11) is 0. The molecule has 7 heavy (non-hydrogen) atoms. The van der Waals surface area contributed by atoms with Crippen molar-refractivity contribution in [1.82, 2.24) is 0 Å². The quantitative estimate of drug-likeness (QED) is 0.460. The van der Waals surface area contributed by atoms with Crippen molar-refractivity contribution in [2.75, 3.05) is 0 Å². The molecule has 0 aliphatic rings. The molecule has 0 atom stereocenters. The highest BCUT2D eigenvalue weighted by molar-refractivity contribution is 6.32. The highest BCUT2D eigenvalue weighted by Gasteiger charge is 1.88. The Morgan fingerprint density at radius 3 is 2.29 bits per heavy atom. The third-order valence-corrected chi connectivity index (χ3v) is 0.600. The monoisotopic (exact) mass is 100 g/mol. The first kappa shape index (κ1) is 6.14. The molecule has 3 heteroatoms. The molecule has 0 bridgehead atoms. The molecule has 0 amide bonds. The number of carbonyl (C=O) groups is 1. The van der Waals surface area contributed by atoms with Crippen molar-refractivity contribution in [2.24, 2.45) is 0 Å². The van der Waals surface area contributed by atoms with Crippen LogP contribution in [0.5, 0.6) is 0 Å². The lowest BCUT2D eigenvalue weighted by molar-refractivity contribution is -0.294. The molecule has 0 fully saturated rings. The molecule has 0 aromatic heterocycles. The SMILES string of the molecule is CCC(=N)C(=O)[O-]. The molecular weight excluding hydrogens is 94.0 g/mol. The number of rotatable bonds is 2. The van der Waals surface area contributed by atoms with E-state index in [-0.39, 0.29) is 12.1 Å². The first-order valence-corrected chi connectivity index (χ1v) is 1.97. The van der Waals surface area contributed by atoms with Crippen molar-refractivity contribution < 1.29 is 9.90 Å². The largest absolute Gasteiger partial charge is 0.544 e. The van der Waals surface area contributed by atoms with Crippen molar-refractivity contribution in [3.63, 3.8) is 0 Å². The molecule has 40 valence electrons. The summed E-state index contributed by atoms with van der Waals surface area (Å²) in [4.78, 5) is 9.59. The molecule has 0 spiro atoms. The number of carbonyl (C=O) groups excluding carboxylic acids is 1. The summed E-state index contributed by atoms with van der Waals surface area (Å²) in [6.07, 6.45) is 0.238. The van der Waals surface area contributed by atoms with Crippen molar-refractivity contribution in [3.8, 4) is 0 Å². The summed E-state index contributed by atoms with van der Waals surface area (Å²) < 4.78 is 0. The van der Waals surface area contributed by atoms with Gasteiger partial charge >= 0.3 is 0 Å². The number of nitrogens with one attached hydrogen (secondary N) is 1. The van der Waals surface area contributed by atoms with Gasteiger partial charge in [-0.15, -0.1) is 0 Å². The van der Waals surface area contributed by atoms with Crippen molar-refractivity contribution in [3.05, 3.63) is 0 Å². The summed E-state index contributed by atoms with van der Waals surface area (Å²) in [6.45, 7) is 1.60. The van der Waals surface area contributed by atoms with Gasteiger partial charge in [0.1, 0.15) is 0 Å². The van der Waals surface area contributed by atoms with Gasteiger partial charge in [0.15, 0.2) is 0 Å². The average molecular weight is 100 g/mol. The highest BCUT2D eigenvalue weighted by Crippen LogP contribution is 1.75. The molecule has 0 saturated carbocycles. The van der Waals surface area contributed by atoms with Gasteiger partial charge in [-0.2, -0.15) is 0 Å². The second-order valence-corrected chi connectivity index (χ2v) is 1.12. The first-order chi connectivity index (χ1) is 3.18. The summed E-state index contributed by atoms with van der Waals surface area (Å²) >= 11 is 0. The summed E-state index contributed by atoms with van der Waals surface area (Å²) in [5, 5.41) is 16.1. The zero-order valence-electron chi connectivity index (χ0n) is 4.02. The molecule has 1 N–H and O–H groups in total. The van der Waals surface area contributed by atoms with Gasteiger partial charge < -0.3 is 15.3 Å². The van der Waals surface area contributed by atoms with Crippen LogP contribution in [0.25, 0.3) is 0 Å². The molecule has 0 aromatic rings. The number of carboxylic acids is 1. The van der Waals surface area contributed by atoms with Crippen molar-refractivity contribution in [2.45, 2.75) is 13.3 Å². The minimum absolute atomic E-state index is 0.238. The molecular formula is C4H6NO2-. The van der Waals surface area contributed by atoms with Gasteiger partial charge in [-0.25, -0.2) is 0 Å². The van der Waals surface area contributed by atoms with E-state index in [4.69, 9.17) is 5.41 Å². The predicted octanol–water partition coefficient (Wildman–Crippen LogP) is -0.834. The van der Waals surface area contributed by atoms with E-state index in [1.807, 2.05) is 0 Å². The smallest absolute Gasteiger partial charge is 0.0850 e. The summed E-state index contributed by atoms with van der Waals surface area (Å²) in [5.74, 6) is -1.37. The summed E-state index contributed by atoms with van der Waals surface area (Å²) in [6, 6.07) is 0. The second kappa shape index (κ2) is 2.34. The van der Waals surface area contributed by atoms with Crippen LogP contribution in [0, 0.1) is 5.41 Å². The number of hydrogen-bond donors (Lipinski definition) is 1. The molecule has 0 heterocycles. The Bertz CT molecular complexity index is 97.9. The van der Waals surface area contributed by atoms with E-state index in [1.165, 1.54) is 0 Å². The third-order valence-electron chi connectivity index (χ3n) is 0.600. The van der Waals surface area contributed by atoms with Crippen LogP contribution in [0.3, 0.4) is 0 Å². The van der Waals surface area contributed by atoms with Gasteiger partial charge in [-0.05, 0) is 6.42 Å². The molecule has 0 aliphatic carbocycles. The summed E-state index contributed by atoms with van der Waals surface area (Å²) in [5.41, 5.74) is -0.347. The van der Waals surface area contributed by atoms with E-state index in [9.17, 15) is 9.90 Å². The number of aliphatic carboxylic acids is 1. The minimum atomic E-state index is -1.37. The van der Waals surface area contributed by atoms with Gasteiger partial charge in [-0.3, -0.25) is 0 Å². The second-order valence-electron chi connectivity index (χ2n) is 1.12. The normalized spacial score (nSPS) is 8.14. The van der Waals surface area contributed by atoms with E-state index in [2.05, 4.69) is 0 Å². The van der Waals surface area contributed by atoms with Crippen LogP contribution >= 0.6 is 0 Å². The van der Waals surface area contributed by atoms with Gasteiger partial charge in [0, 0.05) is 0 Å². The van der Waals surface area contributed by atoms with Gasteiger partial charge in [0.25, 0.3) is 0 Å². The van der Waals surface area contributed by atoms with Gasteiger partial charge in [-0.1, -0.05) is 6.92 Å². The third kappa shape index (κ3) is 1.92. The topological polar surface area (TPSA) is 64.0 Å². The fourth-order valence-electron chi connectivity index (χ4n) is 0.144. The zero-order chi connectivity index (χ0) is 5.86. The Morgan fingerprint density at radius 2 is 2.29 bits per heavy atom. The lowest BCUT2D eigenvalue weighted by Gasteiger charge is -1.96. The van der Waals surface area contributed by atoms with E-state index in [0.29, 0.717) is 0 Å². The van der Waals surface area contributed by atoms with Crippen LogP contribution in [0.4, 0.5) is 0 Å². The zero-order valence-corrected chi connectivity index (χ0v) is 4.02. The molecule has 0 saturated heterocycles. The maximum absolute atomic E-state index is 9.59. The molecule has 3 nitrogen and oxygen atoms in total. The Hall–Kier alpha value is -0.860. The lowest BCUT2D eigenvalue weighted by atomic mass is 10.3. The lowest BCUT2D eigenvalue weighted by Crippen LogP contribution is -2.30. The van der Waals surface area contributed by atoms with Crippen LogP contribution in [0.2, 0.25) is 0 Å². The van der Waals surface area contributed by atoms with E-state index >= 15 is 0 Å². The highest BCUT2D eigenvalue weighted by atomic mass is 16.4.